The highest BCUT2D eigenvalue weighted by molar-refractivity contribution is 6.31. The molecule has 0 aliphatic carbocycles. The van der Waals surface area contributed by atoms with E-state index < -0.39 is 5.91 Å². The molecule has 0 saturated carbocycles. The molecule has 0 aliphatic rings. The van der Waals surface area contributed by atoms with E-state index in [1.165, 1.54) is 18.9 Å². The van der Waals surface area contributed by atoms with Crippen LogP contribution < -0.4 is 10.5 Å². The summed E-state index contributed by atoms with van der Waals surface area (Å²) >= 11 is 5.98. The Kier molecular flexibility index (Phi) is 8.85. The van der Waals surface area contributed by atoms with Crippen molar-refractivity contribution in [1.29, 1.82) is 0 Å². The molecule has 2 N–H and O–H groups in total. The molecular formula is C22H27ClN2O2. The van der Waals surface area contributed by atoms with Gasteiger partial charge in [-0.3, -0.25) is 4.79 Å². The van der Waals surface area contributed by atoms with Gasteiger partial charge in [0.25, 0.3) is 0 Å². The zero-order valence-electron chi connectivity index (χ0n) is 15.8. The average molecular weight is 387 g/mol. The van der Waals surface area contributed by atoms with Crippen molar-refractivity contribution in [3.05, 3.63) is 59.2 Å². The number of fused-ring (bicyclic) bond motifs is 1. The van der Waals surface area contributed by atoms with Crippen molar-refractivity contribution in [2.75, 3.05) is 6.61 Å². The number of carbonyl (C=O) groups is 1. The number of hydrogen-bond donors (Lipinski definition) is 1. The number of ether oxygens (including phenoxy) is 1. The molecule has 1 amide bonds. The number of pyridine rings is 1. The van der Waals surface area contributed by atoms with Gasteiger partial charge in [0.2, 0.25) is 11.8 Å². The Hall–Kier alpha value is -2.33. The monoisotopic (exact) mass is 386 g/mol. The number of allylic oxidation sites excluding steroid dienone is 3. The second-order valence-corrected chi connectivity index (χ2v) is 7.02. The summed E-state index contributed by atoms with van der Waals surface area (Å²) in [5, 5.41) is 1.73. The van der Waals surface area contributed by atoms with Crippen LogP contribution in [0.3, 0.4) is 0 Å². The van der Waals surface area contributed by atoms with Gasteiger partial charge in [-0.05, 0) is 56.0 Å². The number of unbranched alkanes of at least 4 members (excludes halogenated alkanes) is 5. The lowest BCUT2D eigenvalue weighted by atomic mass is 10.1. The molecule has 4 nitrogen and oxygen atoms in total. The Morgan fingerprint density at radius 1 is 1.15 bits per heavy atom. The first kappa shape index (κ1) is 21.0. The molecule has 2 rings (SSSR count). The average Bonchev–Trinajstić information content (AvgIpc) is 2.62. The van der Waals surface area contributed by atoms with Gasteiger partial charge in [-0.15, -0.1) is 0 Å². The molecule has 5 heteroatoms. The molecule has 1 heterocycles. The molecule has 0 saturated heterocycles. The number of amides is 1. The van der Waals surface area contributed by atoms with Gasteiger partial charge in [0, 0.05) is 22.6 Å². The van der Waals surface area contributed by atoms with E-state index in [2.05, 4.69) is 11.1 Å². The minimum absolute atomic E-state index is 0.400. The van der Waals surface area contributed by atoms with Crippen LogP contribution in [0, 0.1) is 0 Å². The van der Waals surface area contributed by atoms with Crippen molar-refractivity contribution in [3.63, 3.8) is 0 Å². The maximum Gasteiger partial charge on any atom is 0.241 e. The van der Waals surface area contributed by atoms with Crippen molar-refractivity contribution in [1.82, 2.24) is 4.98 Å². The van der Waals surface area contributed by atoms with E-state index in [9.17, 15) is 4.79 Å². The molecule has 1 aromatic carbocycles. The molecule has 0 bridgehead atoms. The number of nitrogens with zero attached hydrogens (tertiary/aromatic N) is 1. The topological polar surface area (TPSA) is 65.2 Å². The van der Waals surface area contributed by atoms with Crippen LogP contribution >= 0.6 is 11.6 Å². The largest absolute Gasteiger partial charge is 0.478 e. The Labute approximate surface area is 166 Å². The fraction of sp³-hybridized carbons (Fsp3) is 0.364. The summed E-state index contributed by atoms with van der Waals surface area (Å²) in [4.78, 5) is 15.2. The van der Waals surface area contributed by atoms with E-state index in [0.717, 1.165) is 42.2 Å². The number of carbonyl (C=O) groups excluding carboxylic acids is 1. The molecule has 0 atom stereocenters. The van der Waals surface area contributed by atoms with Gasteiger partial charge in [-0.25, -0.2) is 4.98 Å². The van der Waals surface area contributed by atoms with Crippen molar-refractivity contribution < 1.29 is 9.53 Å². The SMILES string of the molecule is CC(C=CCCCCCCCOc1ccc2cc(Cl)ccc2n1)=CC(N)=O. The Bertz CT molecular complexity index is 815. The molecule has 1 aromatic heterocycles. The third kappa shape index (κ3) is 8.27. The number of hydrogen-bond acceptors (Lipinski definition) is 3. The summed E-state index contributed by atoms with van der Waals surface area (Å²) in [5.41, 5.74) is 6.89. The molecular weight excluding hydrogens is 360 g/mol. The van der Waals surface area contributed by atoms with Crippen LogP contribution in [0.4, 0.5) is 0 Å². The maximum atomic E-state index is 10.7. The van der Waals surface area contributed by atoms with E-state index in [1.807, 2.05) is 43.3 Å². The van der Waals surface area contributed by atoms with Crippen LogP contribution in [-0.2, 0) is 4.79 Å². The Morgan fingerprint density at radius 3 is 2.74 bits per heavy atom. The summed E-state index contributed by atoms with van der Waals surface area (Å²) in [6.07, 6.45) is 12.2. The van der Waals surface area contributed by atoms with Gasteiger partial charge in [0.1, 0.15) is 0 Å². The van der Waals surface area contributed by atoms with Crippen LogP contribution in [-0.4, -0.2) is 17.5 Å². The van der Waals surface area contributed by atoms with Crippen molar-refractivity contribution in [2.45, 2.75) is 45.4 Å². The number of benzene rings is 1. The quantitative estimate of drug-likeness (QED) is 0.310. The highest BCUT2D eigenvalue weighted by Gasteiger charge is 2.00. The van der Waals surface area contributed by atoms with E-state index in [0.29, 0.717) is 17.5 Å². The van der Waals surface area contributed by atoms with Gasteiger partial charge in [-0.1, -0.05) is 43.0 Å². The third-order valence-electron chi connectivity index (χ3n) is 4.14. The summed E-state index contributed by atoms with van der Waals surface area (Å²) in [6, 6.07) is 9.52. The summed E-state index contributed by atoms with van der Waals surface area (Å²) in [5.74, 6) is 0.261. The molecule has 0 unspecified atom stereocenters. The summed E-state index contributed by atoms with van der Waals surface area (Å²) < 4.78 is 5.75. The van der Waals surface area contributed by atoms with Crippen LogP contribution in [0.5, 0.6) is 5.88 Å². The number of aromatic nitrogens is 1. The second kappa shape index (κ2) is 11.4. The minimum Gasteiger partial charge on any atom is -0.478 e. The number of halogens is 1. The van der Waals surface area contributed by atoms with E-state index in [-0.39, 0.29) is 0 Å². The molecule has 0 radical (unpaired) electrons. The molecule has 2 aromatic rings. The predicted molar refractivity (Wildman–Crippen MR) is 112 cm³/mol. The normalized spacial score (nSPS) is 12.0. The highest BCUT2D eigenvalue weighted by atomic mass is 35.5. The summed E-state index contributed by atoms with van der Waals surface area (Å²) in [7, 11) is 0. The molecule has 27 heavy (non-hydrogen) atoms. The smallest absolute Gasteiger partial charge is 0.241 e. The molecule has 0 spiro atoms. The second-order valence-electron chi connectivity index (χ2n) is 6.58. The molecule has 0 aliphatic heterocycles. The fourth-order valence-corrected chi connectivity index (χ4v) is 2.95. The van der Waals surface area contributed by atoms with E-state index in [1.54, 1.807) is 0 Å². The number of nitrogens with two attached hydrogens (primary N) is 1. The molecule has 0 fully saturated rings. The van der Waals surface area contributed by atoms with Gasteiger partial charge >= 0.3 is 0 Å². The first-order valence-electron chi connectivity index (χ1n) is 9.38. The van der Waals surface area contributed by atoms with Gasteiger partial charge in [0.05, 0.1) is 12.1 Å². The molecule has 144 valence electrons. The third-order valence-corrected chi connectivity index (χ3v) is 4.38. The highest BCUT2D eigenvalue weighted by Crippen LogP contribution is 2.20. The minimum atomic E-state index is -0.400. The van der Waals surface area contributed by atoms with Crippen LogP contribution in [0.25, 0.3) is 10.9 Å². The van der Waals surface area contributed by atoms with Crippen LogP contribution in [0.2, 0.25) is 5.02 Å². The van der Waals surface area contributed by atoms with Crippen molar-refractivity contribution in [2.24, 2.45) is 5.73 Å². The first-order valence-corrected chi connectivity index (χ1v) is 9.76. The number of rotatable bonds is 11. The Morgan fingerprint density at radius 2 is 1.93 bits per heavy atom. The zero-order valence-corrected chi connectivity index (χ0v) is 16.5. The van der Waals surface area contributed by atoms with Crippen molar-refractivity contribution >= 4 is 28.4 Å². The zero-order chi connectivity index (χ0) is 19.5. The van der Waals surface area contributed by atoms with Crippen LogP contribution in [0.1, 0.15) is 45.4 Å². The lowest BCUT2D eigenvalue weighted by molar-refractivity contribution is -0.113. The van der Waals surface area contributed by atoms with Gasteiger partial charge in [0.15, 0.2) is 0 Å². The van der Waals surface area contributed by atoms with Gasteiger partial charge in [-0.2, -0.15) is 0 Å². The lowest BCUT2D eigenvalue weighted by Gasteiger charge is -2.06. The lowest BCUT2D eigenvalue weighted by Crippen LogP contribution is -2.06. The first-order chi connectivity index (χ1) is 13.0. The number of primary amides is 1. The Balaban J connectivity index is 1.55. The predicted octanol–water partition coefficient (Wildman–Crippen LogP) is 5.60. The summed E-state index contributed by atoms with van der Waals surface area (Å²) in [6.45, 7) is 2.56. The van der Waals surface area contributed by atoms with E-state index in [4.69, 9.17) is 22.1 Å². The fourth-order valence-electron chi connectivity index (χ4n) is 2.77. The maximum absolute atomic E-state index is 10.7. The van der Waals surface area contributed by atoms with Gasteiger partial charge < -0.3 is 10.5 Å². The standard InChI is InChI=1S/C22H27ClN2O2/c1-17(15-21(24)26)9-7-5-3-2-4-6-8-14-27-22-13-10-18-16-19(23)11-12-20(18)25-22/h7,9-13,15-16H,2-6,8,14H2,1H3,(H2,24,26). The van der Waals surface area contributed by atoms with E-state index >= 15 is 0 Å². The van der Waals surface area contributed by atoms with Crippen molar-refractivity contribution in [3.8, 4) is 5.88 Å². The van der Waals surface area contributed by atoms with Crippen LogP contribution in [0.15, 0.2) is 54.1 Å².